The van der Waals surface area contributed by atoms with Gasteiger partial charge in [0.05, 0.1) is 15.9 Å². The Morgan fingerprint density at radius 2 is 2.06 bits per heavy atom. The summed E-state index contributed by atoms with van der Waals surface area (Å²) in [6.07, 6.45) is 1.91. The van der Waals surface area contributed by atoms with E-state index in [9.17, 15) is 5.11 Å². The number of benzene rings is 1. The lowest BCUT2D eigenvalue weighted by atomic mass is 10.1. The average molecular weight is 232 g/mol. The molecule has 0 saturated heterocycles. The second kappa shape index (κ2) is 3.06. The van der Waals surface area contributed by atoms with E-state index in [1.54, 1.807) is 25.2 Å². The van der Waals surface area contributed by atoms with Crippen molar-refractivity contribution in [3.8, 4) is 0 Å². The molecule has 4 heteroatoms. The topological polar surface area (TPSA) is 37.5 Å². The van der Waals surface area contributed by atoms with E-state index in [1.165, 1.54) is 4.70 Å². The number of nitrogens with zero attached hydrogens (tertiary/aromatic N) is 2. The minimum atomic E-state index is -0.882. The van der Waals surface area contributed by atoms with Crippen LogP contribution < -0.4 is 0 Å². The smallest absolute Gasteiger partial charge is 0.195 e. The van der Waals surface area contributed by atoms with Crippen molar-refractivity contribution in [3.05, 3.63) is 36.2 Å². The summed E-state index contributed by atoms with van der Waals surface area (Å²) in [6.45, 7) is 3.50. The molecule has 3 aromatic rings. The minimum Gasteiger partial charge on any atom is -0.384 e. The van der Waals surface area contributed by atoms with E-state index in [1.807, 2.05) is 22.7 Å². The molecule has 1 N–H and O–H groups in total. The fraction of sp³-hybridized carbons (Fsp3) is 0.250. The third kappa shape index (κ3) is 1.34. The van der Waals surface area contributed by atoms with Crippen LogP contribution >= 0.6 is 11.3 Å². The van der Waals surface area contributed by atoms with E-state index < -0.39 is 5.60 Å². The zero-order valence-corrected chi connectivity index (χ0v) is 9.95. The Hall–Kier alpha value is -1.39. The number of fused-ring (bicyclic) bond motifs is 3. The van der Waals surface area contributed by atoms with Crippen molar-refractivity contribution in [1.82, 2.24) is 9.38 Å². The minimum absolute atomic E-state index is 0.713. The fourth-order valence-corrected chi connectivity index (χ4v) is 2.75. The molecule has 3 nitrogen and oxygen atoms in total. The van der Waals surface area contributed by atoms with Crippen LogP contribution in [0, 0.1) is 0 Å². The molecule has 0 aliphatic heterocycles. The number of rotatable bonds is 1. The maximum Gasteiger partial charge on any atom is 0.195 e. The lowest BCUT2D eigenvalue weighted by Gasteiger charge is -2.12. The zero-order valence-electron chi connectivity index (χ0n) is 9.14. The van der Waals surface area contributed by atoms with E-state index in [-0.39, 0.29) is 0 Å². The van der Waals surface area contributed by atoms with Crippen molar-refractivity contribution in [2.75, 3.05) is 0 Å². The molecule has 0 aliphatic rings. The Labute approximate surface area is 97.0 Å². The van der Waals surface area contributed by atoms with Crippen LogP contribution in [0.1, 0.15) is 19.5 Å². The highest BCUT2D eigenvalue weighted by molar-refractivity contribution is 7.23. The van der Waals surface area contributed by atoms with Crippen LogP contribution in [0.25, 0.3) is 15.2 Å². The van der Waals surface area contributed by atoms with E-state index in [0.717, 1.165) is 10.5 Å². The van der Waals surface area contributed by atoms with Crippen molar-refractivity contribution in [2.45, 2.75) is 19.4 Å². The summed E-state index contributed by atoms with van der Waals surface area (Å²) in [6, 6.07) is 8.18. The summed E-state index contributed by atoms with van der Waals surface area (Å²) in [5, 5.41) is 9.91. The molecule has 0 saturated carbocycles. The molecule has 2 aromatic heterocycles. The number of hydrogen-bond acceptors (Lipinski definition) is 3. The van der Waals surface area contributed by atoms with Crippen molar-refractivity contribution in [2.24, 2.45) is 0 Å². The van der Waals surface area contributed by atoms with Gasteiger partial charge in [-0.15, -0.1) is 0 Å². The van der Waals surface area contributed by atoms with Gasteiger partial charge in [0, 0.05) is 6.20 Å². The maximum absolute atomic E-state index is 9.91. The van der Waals surface area contributed by atoms with Gasteiger partial charge in [-0.05, 0) is 26.0 Å². The number of aromatic nitrogens is 2. The van der Waals surface area contributed by atoms with Gasteiger partial charge in [0.15, 0.2) is 4.96 Å². The first-order chi connectivity index (χ1) is 7.55. The normalized spacial score (nSPS) is 12.7. The van der Waals surface area contributed by atoms with Crippen molar-refractivity contribution in [1.29, 1.82) is 0 Å². The Morgan fingerprint density at radius 3 is 2.81 bits per heavy atom. The Bertz CT molecular complexity index is 660. The first-order valence-corrected chi connectivity index (χ1v) is 5.97. The van der Waals surface area contributed by atoms with Gasteiger partial charge in [0.1, 0.15) is 5.60 Å². The van der Waals surface area contributed by atoms with Crippen LogP contribution in [0.4, 0.5) is 0 Å². The Morgan fingerprint density at radius 1 is 1.31 bits per heavy atom. The fourth-order valence-electron chi connectivity index (χ4n) is 1.74. The van der Waals surface area contributed by atoms with Gasteiger partial charge in [-0.2, -0.15) is 0 Å². The molecule has 0 radical (unpaired) electrons. The predicted molar refractivity (Wildman–Crippen MR) is 65.8 cm³/mol. The number of hydrogen-bond donors (Lipinski definition) is 1. The second-order valence-corrected chi connectivity index (χ2v) is 5.42. The van der Waals surface area contributed by atoms with E-state index in [4.69, 9.17) is 0 Å². The number of para-hydroxylation sites is 1. The summed E-state index contributed by atoms with van der Waals surface area (Å²) in [7, 11) is 0. The van der Waals surface area contributed by atoms with Crippen LogP contribution in [0.3, 0.4) is 0 Å². The molecule has 0 fully saturated rings. The van der Waals surface area contributed by atoms with Crippen LogP contribution in [0.5, 0.6) is 0 Å². The lowest BCUT2D eigenvalue weighted by molar-refractivity contribution is 0.0744. The van der Waals surface area contributed by atoms with Gasteiger partial charge >= 0.3 is 0 Å². The summed E-state index contributed by atoms with van der Waals surface area (Å²) in [5.74, 6) is 0. The van der Waals surface area contributed by atoms with Crippen LogP contribution in [-0.4, -0.2) is 14.5 Å². The Balaban J connectivity index is 2.35. The summed E-state index contributed by atoms with van der Waals surface area (Å²) >= 11 is 1.64. The van der Waals surface area contributed by atoms with E-state index >= 15 is 0 Å². The SMILES string of the molecule is CC(C)(O)c1cn2c(n1)sc1ccccc12. The third-order valence-electron chi connectivity index (χ3n) is 2.63. The van der Waals surface area contributed by atoms with E-state index in [2.05, 4.69) is 17.1 Å². The predicted octanol–water partition coefficient (Wildman–Crippen LogP) is 2.78. The highest BCUT2D eigenvalue weighted by atomic mass is 32.1. The molecular formula is C12H12N2OS. The van der Waals surface area contributed by atoms with Gasteiger partial charge in [-0.3, -0.25) is 4.40 Å². The average Bonchev–Trinajstić information content (AvgIpc) is 2.72. The number of thiazole rings is 1. The molecular weight excluding hydrogens is 220 g/mol. The molecule has 1 aromatic carbocycles. The Kier molecular flexibility index (Phi) is 1.87. The van der Waals surface area contributed by atoms with Crippen LogP contribution in [0.15, 0.2) is 30.5 Å². The first-order valence-electron chi connectivity index (χ1n) is 5.15. The van der Waals surface area contributed by atoms with Gasteiger partial charge in [0.2, 0.25) is 0 Å². The second-order valence-electron chi connectivity index (χ2n) is 4.41. The number of imidazole rings is 1. The van der Waals surface area contributed by atoms with Gasteiger partial charge in [0.25, 0.3) is 0 Å². The third-order valence-corrected chi connectivity index (χ3v) is 3.66. The van der Waals surface area contributed by atoms with Crippen molar-refractivity contribution < 1.29 is 5.11 Å². The largest absolute Gasteiger partial charge is 0.384 e. The molecule has 16 heavy (non-hydrogen) atoms. The number of aliphatic hydroxyl groups is 1. The van der Waals surface area contributed by atoms with E-state index in [0.29, 0.717) is 5.69 Å². The molecule has 2 heterocycles. The zero-order chi connectivity index (χ0) is 11.3. The molecule has 3 rings (SSSR count). The van der Waals surface area contributed by atoms with Gasteiger partial charge < -0.3 is 5.11 Å². The van der Waals surface area contributed by atoms with Crippen molar-refractivity contribution >= 4 is 26.5 Å². The summed E-state index contributed by atoms with van der Waals surface area (Å²) in [5.41, 5.74) is 0.974. The monoisotopic (exact) mass is 232 g/mol. The molecule has 0 atom stereocenters. The van der Waals surface area contributed by atoms with Crippen LogP contribution in [0.2, 0.25) is 0 Å². The molecule has 0 aliphatic carbocycles. The van der Waals surface area contributed by atoms with Gasteiger partial charge in [-0.25, -0.2) is 4.98 Å². The molecule has 0 unspecified atom stereocenters. The highest BCUT2D eigenvalue weighted by Crippen LogP contribution is 2.28. The quantitative estimate of drug-likeness (QED) is 0.700. The highest BCUT2D eigenvalue weighted by Gasteiger charge is 2.21. The van der Waals surface area contributed by atoms with Gasteiger partial charge in [-0.1, -0.05) is 23.5 Å². The van der Waals surface area contributed by atoms with Crippen LogP contribution in [-0.2, 0) is 5.60 Å². The lowest BCUT2D eigenvalue weighted by Crippen LogP contribution is -2.15. The summed E-state index contributed by atoms with van der Waals surface area (Å²) in [4.78, 5) is 5.38. The van der Waals surface area contributed by atoms with Crippen molar-refractivity contribution in [3.63, 3.8) is 0 Å². The standard InChI is InChI=1S/C12H12N2OS/c1-12(2,15)10-7-14-8-5-3-4-6-9(8)16-11(14)13-10/h3-7,15H,1-2H3. The summed E-state index contributed by atoms with van der Waals surface area (Å²) < 4.78 is 3.25. The first kappa shape index (κ1) is 9.81. The molecule has 0 spiro atoms. The molecule has 0 amide bonds. The molecule has 82 valence electrons. The maximum atomic E-state index is 9.91. The molecule has 0 bridgehead atoms.